The molecule has 1 aromatic heterocycles. The molecule has 0 radical (unpaired) electrons. The maximum absolute atomic E-state index is 13.2. The van der Waals surface area contributed by atoms with Gasteiger partial charge >= 0.3 is 6.36 Å². The third kappa shape index (κ3) is 6.08. The Balaban J connectivity index is 2.03. The summed E-state index contributed by atoms with van der Waals surface area (Å²) in [5, 5.41) is 2.73. The minimum atomic E-state index is -4.90. The van der Waals surface area contributed by atoms with Crippen LogP contribution >= 0.6 is 11.6 Å². The number of nitrogens with two attached hydrogens (primary N) is 1. The molecule has 0 fully saturated rings. The Bertz CT molecular complexity index is 1320. The molecule has 0 bridgehead atoms. The number of primary amides is 1. The van der Waals surface area contributed by atoms with Gasteiger partial charge in [-0.05, 0) is 36.8 Å². The van der Waals surface area contributed by atoms with E-state index < -0.39 is 23.9 Å². The number of benzene rings is 2. The van der Waals surface area contributed by atoms with E-state index in [-0.39, 0.29) is 50.5 Å². The highest BCUT2D eigenvalue weighted by atomic mass is 35.5. The molecule has 1 heterocycles. The van der Waals surface area contributed by atoms with Crippen LogP contribution in [0.25, 0.3) is 0 Å². The second-order valence-electron chi connectivity index (χ2n) is 7.10. The van der Waals surface area contributed by atoms with Crippen molar-refractivity contribution in [2.24, 2.45) is 5.73 Å². The Morgan fingerprint density at radius 3 is 2.31 bits per heavy atom. The second-order valence-corrected chi connectivity index (χ2v) is 7.48. The van der Waals surface area contributed by atoms with Crippen molar-refractivity contribution in [3.05, 3.63) is 64.4 Å². The van der Waals surface area contributed by atoms with Gasteiger partial charge in [-0.25, -0.2) is 0 Å². The van der Waals surface area contributed by atoms with E-state index in [0.29, 0.717) is 0 Å². The van der Waals surface area contributed by atoms with Gasteiger partial charge in [0.15, 0.2) is 11.5 Å². The van der Waals surface area contributed by atoms with Gasteiger partial charge in [0, 0.05) is 24.0 Å². The molecule has 0 aliphatic heterocycles. The predicted octanol–water partition coefficient (Wildman–Crippen LogP) is 5.10. The van der Waals surface area contributed by atoms with Crippen molar-refractivity contribution in [3.63, 3.8) is 0 Å². The van der Waals surface area contributed by atoms with Crippen LogP contribution in [0.3, 0.4) is 0 Å². The van der Waals surface area contributed by atoms with Crippen molar-refractivity contribution >= 4 is 29.1 Å². The number of anilines is 1. The number of amides is 2. The van der Waals surface area contributed by atoms with Gasteiger partial charge in [-0.2, -0.15) is 0 Å². The van der Waals surface area contributed by atoms with Crippen molar-refractivity contribution in [3.8, 4) is 28.7 Å². The molecule has 36 heavy (non-hydrogen) atoms. The summed E-state index contributed by atoms with van der Waals surface area (Å²) >= 11 is 6.35. The number of hydrogen-bond acceptors (Lipinski definition) is 7. The van der Waals surface area contributed by atoms with Gasteiger partial charge in [0.25, 0.3) is 11.8 Å². The predicted molar refractivity (Wildman–Crippen MR) is 123 cm³/mol. The van der Waals surface area contributed by atoms with E-state index in [9.17, 15) is 22.8 Å². The number of nitrogens with zero attached hydrogens (tertiary/aromatic N) is 1. The van der Waals surface area contributed by atoms with Crippen molar-refractivity contribution < 1.29 is 41.7 Å². The fourth-order valence-corrected chi connectivity index (χ4v) is 3.36. The highest BCUT2D eigenvalue weighted by Gasteiger charge is 2.31. The Kier molecular flexibility index (Phi) is 7.78. The first-order valence-corrected chi connectivity index (χ1v) is 10.4. The number of alkyl halides is 3. The molecule has 0 aliphatic rings. The zero-order chi connectivity index (χ0) is 26.6. The molecule has 0 saturated heterocycles. The van der Waals surface area contributed by atoms with Gasteiger partial charge in [0.2, 0.25) is 0 Å². The number of aromatic nitrogens is 1. The molecular weight excluding hydrogens is 507 g/mol. The SMILES string of the molecule is COc1cc(OC(F)(F)F)ccc1Oc1cc(OC)c(Cl)c(C)c1C(=O)Nc1ccnc(C(N)=O)c1. The van der Waals surface area contributed by atoms with Crippen LogP contribution in [-0.2, 0) is 0 Å². The molecule has 0 atom stereocenters. The molecule has 2 aromatic carbocycles. The zero-order valence-electron chi connectivity index (χ0n) is 19.0. The number of rotatable bonds is 8. The van der Waals surface area contributed by atoms with Gasteiger partial charge in [0.1, 0.15) is 22.9 Å². The van der Waals surface area contributed by atoms with Crippen molar-refractivity contribution in [1.82, 2.24) is 4.98 Å². The maximum Gasteiger partial charge on any atom is 0.573 e. The van der Waals surface area contributed by atoms with Crippen LogP contribution in [0.5, 0.6) is 28.7 Å². The number of carbonyl (C=O) groups excluding carboxylic acids is 2. The summed E-state index contributed by atoms with van der Waals surface area (Å²) in [5.74, 6) is -1.99. The summed E-state index contributed by atoms with van der Waals surface area (Å²) < 4.78 is 57.9. The molecule has 190 valence electrons. The average molecular weight is 526 g/mol. The smallest absolute Gasteiger partial charge is 0.495 e. The molecule has 2 amide bonds. The molecule has 3 rings (SSSR count). The molecule has 9 nitrogen and oxygen atoms in total. The number of pyridine rings is 1. The largest absolute Gasteiger partial charge is 0.573 e. The molecule has 3 N–H and O–H groups in total. The fraction of sp³-hybridized carbons (Fsp3) is 0.174. The average Bonchev–Trinajstić information content (AvgIpc) is 2.81. The summed E-state index contributed by atoms with van der Waals surface area (Å²) in [6, 6.07) is 7.24. The van der Waals surface area contributed by atoms with Gasteiger partial charge < -0.3 is 30.0 Å². The van der Waals surface area contributed by atoms with E-state index >= 15 is 0 Å². The lowest BCUT2D eigenvalue weighted by Crippen LogP contribution is -2.17. The fourth-order valence-electron chi connectivity index (χ4n) is 3.13. The number of methoxy groups -OCH3 is 2. The first-order chi connectivity index (χ1) is 16.9. The summed E-state index contributed by atoms with van der Waals surface area (Å²) in [4.78, 5) is 28.5. The summed E-state index contributed by atoms with van der Waals surface area (Å²) in [6.45, 7) is 1.55. The molecule has 0 saturated carbocycles. The monoisotopic (exact) mass is 525 g/mol. The Labute approximate surface area is 207 Å². The molecule has 0 unspecified atom stereocenters. The van der Waals surface area contributed by atoms with Gasteiger partial charge in [-0.15, -0.1) is 13.2 Å². The quantitative estimate of drug-likeness (QED) is 0.419. The Hall–Kier alpha value is -4.19. The molecule has 3 aromatic rings. The normalized spacial score (nSPS) is 11.0. The third-order valence-electron chi connectivity index (χ3n) is 4.73. The molecule has 13 heteroatoms. The topological polar surface area (TPSA) is 122 Å². The highest BCUT2D eigenvalue weighted by molar-refractivity contribution is 6.33. The van der Waals surface area contributed by atoms with Crippen LogP contribution in [0.2, 0.25) is 5.02 Å². The van der Waals surface area contributed by atoms with Crippen LogP contribution in [-0.4, -0.2) is 37.4 Å². The lowest BCUT2D eigenvalue weighted by atomic mass is 10.1. The Morgan fingerprint density at radius 1 is 1.00 bits per heavy atom. The lowest BCUT2D eigenvalue weighted by Gasteiger charge is -2.19. The standard InChI is InChI=1S/C23H19ClF3N3O6/c1-11-19(22(32)30-12-6-7-29-14(8-12)21(28)31)17(10-18(34-3)20(11)24)35-15-5-4-13(9-16(15)33-2)36-23(25,26)27/h4-10H,1-3H3,(H2,28,31)(H,29,30,32). The van der Waals surface area contributed by atoms with E-state index in [1.807, 2.05) is 0 Å². The number of ether oxygens (including phenoxy) is 4. The molecule has 0 spiro atoms. The van der Waals surface area contributed by atoms with Crippen LogP contribution in [0.15, 0.2) is 42.6 Å². The van der Waals surface area contributed by atoms with Crippen LogP contribution in [0, 0.1) is 6.92 Å². The first kappa shape index (κ1) is 26.4. The minimum Gasteiger partial charge on any atom is -0.495 e. The van der Waals surface area contributed by atoms with E-state index in [1.165, 1.54) is 44.7 Å². The maximum atomic E-state index is 13.2. The zero-order valence-corrected chi connectivity index (χ0v) is 19.8. The minimum absolute atomic E-state index is 0.0177. The third-order valence-corrected chi connectivity index (χ3v) is 5.20. The van der Waals surface area contributed by atoms with E-state index in [4.69, 9.17) is 31.5 Å². The van der Waals surface area contributed by atoms with E-state index in [1.54, 1.807) is 6.92 Å². The van der Waals surface area contributed by atoms with Gasteiger partial charge in [-0.1, -0.05) is 11.6 Å². The second kappa shape index (κ2) is 10.6. The molecule has 0 aliphatic carbocycles. The first-order valence-electron chi connectivity index (χ1n) is 9.99. The number of carbonyl (C=O) groups is 2. The number of hydrogen-bond donors (Lipinski definition) is 2. The van der Waals surface area contributed by atoms with Gasteiger partial charge in [-0.3, -0.25) is 14.6 Å². The molecular formula is C23H19ClF3N3O6. The van der Waals surface area contributed by atoms with Crippen LogP contribution < -0.4 is 30.0 Å². The number of nitrogens with one attached hydrogen (secondary N) is 1. The summed E-state index contributed by atoms with van der Waals surface area (Å²) in [6.07, 6.45) is -3.61. The highest BCUT2D eigenvalue weighted by Crippen LogP contribution is 2.42. The summed E-state index contributed by atoms with van der Waals surface area (Å²) in [5.41, 5.74) is 5.64. The number of halogens is 4. The Morgan fingerprint density at radius 2 is 1.69 bits per heavy atom. The van der Waals surface area contributed by atoms with Crippen molar-refractivity contribution in [2.45, 2.75) is 13.3 Å². The van der Waals surface area contributed by atoms with Gasteiger partial charge in [0.05, 0.1) is 24.8 Å². The van der Waals surface area contributed by atoms with Crippen LogP contribution in [0.1, 0.15) is 26.4 Å². The van der Waals surface area contributed by atoms with Crippen molar-refractivity contribution in [1.29, 1.82) is 0 Å². The lowest BCUT2D eigenvalue weighted by molar-refractivity contribution is -0.274. The summed E-state index contributed by atoms with van der Waals surface area (Å²) in [7, 11) is 2.58. The van der Waals surface area contributed by atoms with Crippen molar-refractivity contribution in [2.75, 3.05) is 19.5 Å². The van der Waals surface area contributed by atoms with E-state index in [0.717, 1.165) is 12.1 Å². The van der Waals surface area contributed by atoms with Crippen LogP contribution in [0.4, 0.5) is 18.9 Å². The van der Waals surface area contributed by atoms with E-state index in [2.05, 4.69) is 15.0 Å².